The number of hydrogen-bond acceptors (Lipinski definition) is 8. The minimum absolute atomic E-state index is 0.606. The molecule has 2 rings (SSSR count). The Morgan fingerprint density at radius 1 is 1.60 bits per heavy atom. The molecule has 0 fully saturated rings. The molecule has 0 saturated carbocycles. The topological polar surface area (TPSA) is 89.9 Å². The molecule has 0 amide bonds. The largest absolute Gasteiger partial charge is 0.440 e. The zero-order valence-corrected chi connectivity index (χ0v) is 9.56. The fourth-order valence-corrected chi connectivity index (χ4v) is 2.38. The van der Waals surface area contributed by atoms with Gasteiger partial charge in [0.15, 0.2) is 0 Å². The second-order valence-electron chi connectivity index (χ2n) is 2.69. The molecule has 2 heterocycles. The molecule has 8 heteroatoms. The summed E-state index contributed by atoms with van der Waals surface area (Å²) in [4.78, 5) is 4.17. The second kappa shape index (κ2) is 4.60. The van der Waals surface area contributed by atoms with E-state index in [1.54, 1.807) is 6.26 Å². The van der Waals surface area contributed by atoms with Crippen LogP contribution in [0.4, 0.5) is 5.13 Å². The molecule has 0 aliphatic carbocycles. The van der Waals surface area contributed by atoms with Crippen LogP contribution in [0.1, 0.15) is 10.7 Å². The lowest BCUT2D eigenvalue weighted by molar-refractivity contribution is 0.454. The monoisotopic (exact) mass is 243 g/mol. The molecule has 0 aliphatic rings. The molecule has 2 aromatic heterocycles. The number of anilines is 1. The van der Waals surface area contributed by atoms with Gasteiger partial charge in [0, 0.05) is 0 Å². The Morgan fingerprint density at radius 2 is 2.47 bits per heavy atom. The lowest BCUT2D eigenvalue weighted by atomic mass is 10.6. The lowest BCUT2D eigenvalue weighted by Gasteiger charge is -1.90. The van der Waals surface area contributed by atoms with Crippen LogP contribution in [-0.2, 0) is 5.75 Å². The van der Waals surface area contributed by atoms with Crippen LogP contribution in [0.5, 0.6) is 0 Å². The minimum atomic E-state index is 0.606. The number of nitrogens with one attached hydrogen (secondary N) is 1. The number of nitrogens with two attached hydrogens (primary N) is 1. The van der Waals surface area contributed by atoms with E-state index >= 15 is 0 Å². The highest BCUT2D eigenvalue weighted by Gasteiger charge is 2.06. The van der Waals surface area contributed by atoms with Crippen molar-refractivity contribution < 1.29 is 4.42 Å². The van der Waals surface area contributed by atoms with Crippen LogP contribution in [0, 0.1) is 6.92 Å². The summed E-state index contributed by atoms with van der Waals surface area (Å²) in [5.41, 5.74) is 3.32. The molecule has 0 aliphatic heterocycles. The van der Waals surface area contributed by atoms with Gasteiger partial charge in [-0.25, -0.2) is 10.8 Å². The van der Waals surface area contributed by atoms with Crippen molar-refractivity contribution in [1.29, 1.82) is 0 Å². The first kappa shape index (κ1) is 10.4. The normalized spacial score (nSPS) is 10.5. The van der Waals surface area contributed by atoms with Crippen molar-refractivity contribution in [2.75, 3.05) is 5.43 Å². The van der Waals surface area contributed by atoms with Gasteiger partial charge in [0.2, 0.25) is 5.13 Å². The van der Waals surface area contributed by atoms with E-state index in [1.807, 2.05) is 6.92 Å². The summed E-state index contributed by atoms with van der Waals surface area (Å²) < 4.78 is 5.19. The molecular formula is C7H9N5OS2. The van der Waals surface area contributed by atoms with Gasteiger partial charge in [0.25, 0.3) is 5.22 Å². The van der Waals surface area contributed by atoms with Crippen molar-refractivity contribution in [3.8, 4) is 0 Å². The Hall–Kier alpha value is -1.12. The predicted octanol–water partition coefficient (Wildman–Crippen LogP) is 1.41. The number of nitrogen functional groups attached to an aromatic ring is 1. The fraction of sp³-hybridized carbons (Fsp3) is 0.286. The number of rotatable bonds is 4. The van der Waals surface area contributed by atoms with E-state index < -0.39 is 0 Å². The molecule has 80 valence electrons. The Balaban J connectivity index is 1.93. The standard InChI is InChI=1S/C7H9N5OS2/c1-4-2-13-7(9-4)14-3-5-11-12-6(10-8)15-5/h2H,3,8H2,1H3,(H,10,12). The third-order valence-electron chi connectivity index (χ3n) is 1.51. The molecule has 0 unspecified atom stereocenters. The molecule has 0 spiro atoms. The number of thioether (sulfide) groups is 1. The van der Waals surface area contributed by atoms with Crippen molar-refractivity contribution in [2.24, 2.45) is 5.84 Å². The Kier molecular flexibility index (Phi) is 3.19. The molecule has 0 saturated heterocycles. The first-order valence-electron chi connectivity index (χ1n) is 4.12. The number of aromatic nitrogens is 3. The summed E-state index contributed by atoms with van der Waals surface area (Å²) >= 11 is 2.89. The summed E-state index contributed by atoms with van der Waals surface area (Å²) in [6.45, 7) is 1.88. The molecule has 3 N–H and O–H groups in total. The molecule has 2 aromatic rings. The van der Waals surface area contributed by atoms with E-state index in [1.165, 1.54) is 23.1 Å². The van der Waals surface area contributed by atoms with E-state index in [0.29, 0.717) is 16.1 Å². The van der Waals surface area contributed by atoms with Crippen LogP contribution < -0.4 is 11.3 Å². The molecule has 0 atom stereocenters. The predicted molar refractivity (Wildman–Crippen MR) is 58.5 cm³/mol. The van der Waals surface area contributed by atoms with Crippen molar-refractivity contribution in [2.45, 2.75) is 17.9 Å². The van der Waals surface area contributed by atoms with Crippen LogP contribution in [0.25, 0.3) is 0 Å². The van der Waals surface area contributed by atoms with Gasteiger partial charge in [0.1, 0.15) is 11.3 Å². The van der Waals surface area contributed by atoms with Gasteiger partial charge in [-0.1, -0.05) is 23.1 Å². The summed E-state index contributed by atoms with van der Waals surface area (Å²) in [6, 6.07) is 0. The van der Waals surface area contributed by atoms with Gasteiger partial charge in [-0.2, -0.15) is 0 Å². The van der Waals surface area contributed by atoms with Crippen LogP contribution in [0.2, 0.25) is 0 Å². The summed E-state index contributed by atoms with van der Waals surface area (Å²) in [6.07, 6.45) is 1.62. The van der Waals surface area contributed by atoms with Crippen LogP contribution in [-0.4, -0.2) is 15.2 Å². The summed E-state index contributed by atoms with van der Waals surface area (Å²) in [5, 5.41) is 9.89. The average Bonchev–Trinajstić information content (AvgIpc) is 2.83. The Morgan fingerprint density at radius 3 is 3.07 bits per heavy atom. The summed E-state index contributed by atoms with van der Waals surface area (Å²) in [5.74, 6) is 5.87. The van der Waals surface area contributed by atoms with Gasteiger partial charge in [0.05, 0.1) is 11.4 Å². The lowest BCUT2D eigenvalue weighted by Crippen LogP contribution is -2.05. The van der Waals surface area contributed by atoms with E-state index in [2.05, 4.69) is 20.6 Å². The van der Waals surface area contributed by atoms with Gasteiger partial charge in [-0.05, 0) is 6.92 Å². The highest BCUT2D eigenvalue weighted by atomic mass is 32.2. The zero-order chi connectivity index (χ0) is 10.7. The third kappa shape index (κ3) is 2.67. The highest BCUT2D eigenvalue weighted by molar-refractivity contribution is 7.98. The van der Waals surface area contributed by atoms with Crippen molar-refractivity contribution in [1.82, 2.24) is 15.2 Å². The number of oxazole rings is 1. The SMILES string of the molecule is Cc1coc(SCc2nnc(NN)s2)n1. The molecule has 0 radical (unpaired) electrons. The maximum absolute atomic E-state index is 5.19. The first-order chi connectivity index (χ1) is 7.28. The smallest absolute Gasteiger partial charge is 0.256 e. The minimum Gasteiger partial charge on any atom is -0.440 e. The quantitative estimate of drug-likeness (QED) is 0.476. The van der Waals surface area contributed by atoms with Gasteiger partial charge >= 0.3 is 0 Å². The summed E-state index contributed by atoms with van der Waals surface area (Å²) in [7, 11) is 0. The van der Waals surface area contributed by atoms with Crippen LogP contribution in [0.3, 0.4) is 0 Å². The van der Waals surface area contributed by atoms with Crippen LogP contribution in [0.15, 0.2) is 15.9 Å². The number of aryl methyl sites for hydroxylation is 1. The zero-order valence-electron chi connectivity index (χ0n) is 7.93. The highest BCUT2D eigenvalue weighted by Crippen LogP contribution is 2.24. The molecule has 6 nitrogen and oxygen atoms in total. The maximum atomic E-state index is 5.19. The van der Waals surface area contributed by atoms with Crippen LogP contribution >= 0.6 is 23.1 Å². The van der Waals surface area contributed by atoms with E-state index in [9.17, 15) is 0 Å². The van der Waals surface area contributed by atoms with E-state index in [-0.39, 0.29) is 0 Å². The first-order valence-corrected chi connectivity index (χ1v) is 5.92. The molecule has 0 bridgehead atoms. The number of nitrogens with zero attached hydrogens (tertiary/aromatic N) is 3. The van der Waals surface area contributed by atoms with Gasteiger partial charge in [-0.15, -0.1) is 10.2 Å². The van der Waals surface area contributed by atoms with E-state index in [0.717, 1.165) is 10.7 Å². The molecular weight excluding hydrogens is 234 g/mol. The Bertz CT molecular complexity index is 440. The number of hydrazine groups is 1. The van der Waals surface area contributed by atoms with Crippen molar-refractivity contribution in [3.05, 3.63) is 17.0 Å². The number of hydrogen-bond donors (Lipinski definition) is 2. The third-order valence-corrected chi connectivity index (χ3v) is 3.40. The van der Waals surface area contributed by atoms with Gasteiger partial charge < -0.3 is 4.42 Å². The maximum Gasteiger partial charge on any atom is 0.256 e. The molecule has 15 heavy (non-hydrogen) atoms. The Labute approximate surface area is 94.3 Å². The van der Waals surface area contributed by atoms with Gasteiger partial charge in [-0.3, -0.25) is 5.43 Å². The molecule has 0 aromatic carbocycles. The second-order valence-corrected chi connectivity index (χ2v) is 4.68. The van der Waals surface area contributed by atoms with Crippen molar-refractivity contribution in [3.63, 3.8) is 0 Å². The average molecular weight is 243 g/mol. The fourth-order valence-electron chi connectivity index (χ4n) is 0.892. The van der Waals surface area contributed by atoms with Crippen molar-refractivity contribution >= 4 is 28.2 Å². The van der Waals surface area contributed by atoms with E-state index in [4.69, 9.17) is 10.3 Å².